The summed E-state index contributed by atoms with van der Waals surface area (Å²) in [7, 11) is 0. The van der Waals surface area contributed by atoms with Gasteiger partial charge < -0.3 is 0 Å². The van der Waals surface area contributed by atoms with E-state index in [9.17, 15) is 0 Å². The van der Waals surface area contributed by atoms with Gasteiger partial charge >= 0.3 is 0 Å². The van der Waals surface area contributed by atoms with E-state index in [1.165, 1.54) is 95.5 Å². The molecule has 6 rings (SSSR count). The molecule has 424 valence electrons. The van der Waals surface area contributed by atoms with Crippen LogP contribution in [0.15, 0.2) is 30.3 Å². The first-order valence-electron chi connectivity index (χ1n) is 28.4. The van der Waals surface area contributed by atoms with Crippen molar-refractivity contribution in [2.75, 3.05) is 0 Å². The van der Waals surface area contributed by atoms with Crippen LogP contribution < -0.4 is 0 Å². The monoisotopic (exact) mass is 997 g/mol. The van der Waals surface area contributed by atoms with Crippen molar-refractivity contribution in [3.05, 3.63) is 35.9 Å². The van der Waals surface area contributed by atoms with Crippen LogP contribution in [0.2, 0.25) is 0 Å². The molecule has 0 radical (unpaired) electrons. The van der Waals surface area contributed by atoms with Gasteiger partial charge in [-0.3, -0.25) is 19.6 Å². The highest BCUT2D eigenvalue weighted by molar-refractivity contribution is 5.22. The summed E-state index contributed by atoms with van der Waals surface area (Å²) in [4.78, 5) is 11.1. The van der Waals surface area contributed by atoms with Crippen LogP contribution in [0.3, 0.4) is 0 Å². The Morgan fingerprint density at radius 3 is 1.11 bits per heavy atom. The standard InChI is InChI=1S/C18H35N.C18H29N.C14H29N.C13H27N.4CH4/c2*1-17(2,3)16-13-12-15(19(16)18(4,5)6)14-10-8-7-9-11-14;1-8-11-9-10-12(13(2,3)4)15(11)14(5,6)7;1-10-8-9-11(12(2,3)4)14(10)13(5,6)7;;;;/h14-16H,7-13H2,1-6H3;7-11,15-16H,12-13H2,1-6H3;11-12H,8-10H2,1-7H3;10-11H,8-9H2,1-7H3;4*1H4. The maximum Gasteiger partial charge on any atom is 0.0357 e. The zero-order chi connectivity index (χ0) is 51.5. The molecule has 0 amide bonds. The highest BCUT2D eigenvalue weighted by Crippen LogP contribution is 2.48. The zero-order valence-electron chi connectivity index (χ0n) is 50.3. The second-order valence-electron chi connectivity index (χ2n) is 31.0. The minimum Gasteiger partial charge on any atom is -0.292 e. The van der Waals surface area contributed by atoms with Crippen LogP contribution in [0.25, 0.3) is 0 Å². The Morgan fingerprint density at radius 2 is 0.732 bits per heavy atom. The Kier molecular flexibility index (Phi) is 27.8. The molecule has 4 aliphatic heterocycles. The first-order valence-corrected chi connectivity index (χ1v) is 28.4. The molecule has 8 atom stereocenters. The van der Waals surface area contributed by atoms with Crippen molar-refractivity contribution in [3.8, 4) is 0 Å². The van der Waals surface area contributed by atoms with E-state index in [1.807, 2.05) is 0 Å². The van der Waals surface area contributed by atoms with Crippen molar-refractivity contribution in [2.24, 2.45) is 27.6 Å². The predicted molar refractivity (Wildman–Crippen MR) is 326 cm³/mol. The molecule has 71 heavy (non-hydrogen) atoms. The van der Waals surface area contributed by atoms with Crippen LogP contribution in [0, 0.1) is 27.6 Å². The van der Waals surface area contributed by atoms with Gasteiger partial charge in [0.25, 0.3) is 0 Å². The summed E-state index contributed by atoms with van der Waals surface area (Å²) in [5.74, 6) is 0.973. The zero-order valence-corrected chi connectivity index (χ0v) is 50.3. The lowest BCUT2D eigenvalue weighted by Crippen LogP contribution is -2.55. The molecular weight excluding hydrogens is 861 g/mol. The highest BCUT2D eigenvalue weighted by atomic mass is 15.3. The lowest BCUT2D eigenvalue weighted by Gasteiger charge is -2.48. The van der Waals surface area contributed by atoms with Gasteiger partial charge in [0.1, 0.15) is 0 Å². The van der Waals surface area contributed by atoms with Crippen LogP contribution in [0.4, 0.5) is 0 Å². The largest absolute Gasteiger partial charge is 0.292 e. The summed E-state index contributed by atoms with van der Waals surface area (Å²) >= 11 is 0. The number of hydrogen-bond acceptors (Lipinski definition) is 4. The van der Waals surface area contributed by atoms with Gasteiger partial charge in [0.15, 0.2) is 0 Å². The van der Waals surface area contributed by atoms with E-state index in [0.29, 0.717) is 50.4 Å². The molecule has 4 nitrogen and oxygen atoms in total. The van der Waals surface area contributed by atoms with Gasteiger partial charge in [-0.25, -0.2) is 0 Å². The van der Waals surface area contributed by atoms with Gasteiger partial charge in [-0.05, 0) is 194 Å². The molecule has 5 fully saturated rings. The Hall–Kier alpha value is -0.940. The minimum atomic E-state index is 0. The number of benzene rings is 1. The molecule has 0 N–H and O–H groups in total. The van der Waals surface area contributed by atoms with Crippen molar-refractivity contribution < 1.29 is 0 Å². The molecule has 1 aromatic rings. The predicted octanol–water partition coefficient (Wildman–Crippen LogP) is 20.6. The summed E-state index contributed by atoms with van der Waals surface area (Å²) in [6.45, 7) is 61.8. The van der Waals surface area contributed by atoms with E-state index in [-0.39, 0.29) is 35.2 Å². The first kappa shape index (κ1) is 72.1. The summed E-state index contributed by atoms with van der Waals surface area (Å²) in [6, 6.07) is 16.9. The Bertz CT molecular complexity index is 1560. The maximum atomic E-state index is 2.91. The van der Waals surface area contributed by atoms with Gasteiger partial charge in [-0.2, -0.15) is 0 Å². The first-order chi connectivity index (χ1) is 30.2. The normalized spacial score (nSPS) is 27.9. The summed E-state index contributed by atoms with van der Waals surface area (Å²) in [5.41, 5.74) is 4.22. The van der Waals surface area contributed by atoms with Gasteiger partial charge in [-0.15, -0.1) is 0 Å². The molecule has 1 aromatic carbocycles. The fourth-order valence-electron chi connectivity index (χ4n) is 14.3. The van der Waals surface area contributed by atoms with Crippen LogP contribution in [-0.2, 0) is 0 Å². The van der Waals surface area contributed by atoms with Gasteiger partial charge in [0.2, 0.25) is 0 Å². The summed E-state index contributed by atoms with van der Waals surface area (Å²) in [6.07, 6.45) is 19.6. The third-order valence-electron chi connectivity index (χ3n) is 16.9. The van der Waals surface area contributed by atoms with Crippen molar-refractivity contribution >= 4 is 0 Å². The number of rotatable bonds is 3. The van der Waals surface area contributed by atoms with Crippen molar-refractivity contribution in [1.82, 2.24) is 19.6 Å². The lowest BCUT2D eigenvalue weighted by atomic mass is 9.81. The average molecular weight is 998 g/mol. The SMILES string of the molecule is C.C.C.C.CC(C)(C)C1CCC(C2CCCCC2)N1C(C)(C)C.CC(C)(C)C1CCC(c2ccccc2)N1C(C)(C)C.CC1CCC(C(C)(C)C)N1C(C)(C)C.CCC1CCC(C(C)(C)C)N1C(C)(C)C. The molecule has 0 aromatic heterocycles. The van der Waals surface area contributed by atoms with Gasteiger partial charge in [-0.1, -0.05) is 169 Å². The molecule has 4 saturated heterocycles. The number of likely N-dealkylation sites (tertiary alicyclic amines) is 4. The maximum absolute atomic E-state index is 2.91. The van der Waals surface area contributed by atoms with Crippen LogP contribution in [-0.4, -0.2) is 84.0 Å². The van der Waals surface area contributed by atoms with Crippen LogP contribution in [0.5, 0.6) is 0 Å². The molecule has 4 heterocycles. The van der Waals surface area contributed by atoms with E-state index in [2.05, 4.69) is 230 Å². The van der Waals surface area contributed by atoms with E-state index in [1.54, 1.807) is 0 Å². The van der Waals surface area contributed by atoms with E-state index < -0.39 is 0 Å². The third kappa shape index (κ3) is 19.9. The summed E-state index contributed by atoms with van der Waals surface area (Å²) < 4.78 is 0. The smallest absolute Gasteiger partial charge is 0.0357 e. The molecule has 5 aliphatic rings. The van der Waals surface area contributed by atoms with Crippen molar-refractivity contribution in [2.45, 2.75) is 370 Å². The van der Waals surface area contributed by atoms with Gasteiger partial charge in [0.05, 0.1) is 0 Å². The highest BCUT2D eigenvalue weighted by Gasteiger charge is 2.49. The number of hydrogen-bond donors (Lipinski definition) is 0. The molecule has 0 spiro atoms. The minimum absolute atomic E-state index is 0. The van der Waals surface area contributed by atoms with E-state index in [4.69, 9.17) is 0 Å². The molecule has 0 bridgehead atoms. The second kappa shape index (κ2) is 27.4. The van der Waals surface area contributed by atoms with Crippen LogP contribution in [0.1, 0.15) is 311 Å². The van der Waals surface area contributed by atoms with Gasteiger partial charge in [0, 0.05) is 70.5 Å². The third-order valence-corrected chi connectivity index (χ3v) is 16.9. The molecule has 1 aliphatic carbocycles. The fourth-order valence-corrected chi connectivity index (χ4v) is 14.3. The molecule has 4 heteroatoms. The van der Waals surface area contributed by atoms with Crippen molar-refractivity contribution in [3.63, 3.8) is 0 Å². The molecule has 1 saturated carbocycles. The van der Waals surface area contributed by atoms with Crippen LogP contribution >= 0.6 is 0 Å². The number of nitrogens with zero attached hydrogens (tertiary/aromatic N) is 4. The second-order valence-corrected chi connectivity index (χ2v) is 31.0. The summed E-state index contributed by atoms with van der Waals surface area (Å²) in [5, 5.41) is 0. The molecule has 8 unspecified atom stereocenters. The lowest BCUT2D eigenvalue weighted by molar-refractivity contribution is -0.000148. The Balaban J connectivity index is 0. The van der Waals surface area contributed by atoms with E-state index in [0.717, 1.165) is 42.2 Å². The van der Waals surface area contributed by atoms with Crippen molar-refractivity contribution in [1.29, 1.82) is 0 Å². The topological polar surface area (TPSA) is 13.0 Å². The Labute approximate surface area is 451 Å². The van der Waals surface area contributed by atoms with E-state index >= 15 is 0 Å². The molecular formula is C67H136N4. The average Bonchev–Trinajstić information content (AvgIpc) is 3.98. The Morgan fingerprint density at radius 1 is 0.380 bits per heavy atom. The fraction of sp³-hybridized carbons (Fsp3) is 0.910. The quantitative estimate of drug-likeness (QED) is 0.299.